The number of nitrogens with one attached hydrogen (secondary N) is 1. The molecule has 1 fully saturated rings. The monoisotopic (exact) mass is 344 g/mol. The van der Waals surface area contributed by atoms with Gasteiger partial charge >= 0.3 is 0 Å². The molecule has 0 bridgehead atoms. The molecule has 1 aromatic rings. The molecule has 1 aliphatic rings. The molecule has 0 amide bonds. The van der Waals surface area contributed by atoms with E-state index in [0.717, 1.165) is 45.2 Å². The maximum Gasteiger partial charge on any atom is 0.194 e. The predicted molar refractivity (Wildman–Crippen MR) is 106 cm³/mol. The van der Waals surface area contributed by atoms with Crippen LogP contribution in [-0.4, -0.2) is 73.3 Å². The third-order valence-electron chi connectivity index (χ3n) is 4.34. The summed E-state index contributed by atoms with van der Waals surface area (Å²) in [6, 6.07) is 10.4. The molecule has 0 spiro atoms. The Morgan fingerprint density at radius 3 is 2.60 bits per heavy atom. The molecule has 1 unspecified atom stereocenters. The lowest BCUT2D eigenvalue weighted by Gasteiger charge is -2.36. The van der Waals surface area contributed by atoms with E-state index < -0.39 is 0 Å². The van der Waals surface area contributed by atoms with Crippen molar-refractivity contribution in [3.8, 4) is 0 Å². The largest absolute Gasteiger partial charge is 0.396 e. The van der Waals surface area contributed by atoms with Crippen LogP contribution in [0.3, 0.4) is 0 Å². The fourth-order valence-corrected chi connectivity index (χ4v) is 2.77. The summed E-state index contributed by atoms with van der Waals surface area (Å²) in [5, 5.41) is 12.5. The van der Waals surface area contributed by atoms with Crippen molar-refractivity contribution in [2.75, 3.05) is 52.4 Å². The highest BCUT2D eigenvalue weighted by atomic mass is 16.3. The molecule has 0 aliphatic carbocycles. The first-order valence-electron chi connectivity index (χ1n) is 9.31. The lowest BCUT2D eigenvalue weighted by atomic mass is 10.2. The maximum atomic E-state index is 9.17. The molecule has 138 valence electrons. The third-order valence-corrected chi connectivity index (χ3v) is 4.34. The van der Waals surface area contributed by atoms with Crippen LogP contribution in [0.4, 0.5) is 0 Å². The molecule has 1 aromatic carbocycles. The molecule has 0 radical (unpaired) electrons. The lowest BCUT2D eigenvalue weighted by molar-refractivity contribution is 0.193. The minimum Gasteiger partial charge on any atom is -0.396 e. The average Bonchev–Trinajstić information content (AvgIpc) is 2.66. The molecule has 1 saturated heterocycles. The Morgan fingerprint density at radius 1 is 1.24 bits per heavy atom. The van der Waals surface area contributed by atoms with Crippen LogP contribution in [0.25, 0.3) is 6.08 Å². The van der Waals surface area contributed by atoms with Crippen LogP contribution in [0.15, 0.2) is 41.4 Å². The number of rotatable bonds is 7. The molecule has 0 saturated carbocycles. The van der Waals surface area contributed by atoms with Gasteiger partial charge in [-0.05, 0) is 18.4 Å². The van der Waals surface area contributed by atoms with Gasteiger partial charge in [0, 0.05) is 52.4 Å². The van der Waals surface area contributed by atoms with Gasteiger partial charge in [-0.2, -0.15) is 0 Å². The average molecular weight is 345 g/mol. The highest BCUT2D eigenvalue weighted by molar-refractivity contribution is 5.80. The van der Waals surface area contributed by atoms with Crippen molar-refractivity contribution in [3.05, 3.63) is 42.0 Å². The first-order valence-corrected chi connectivity index (χ1v) is 9.31. The molecular weight excluding hydrogens is 312 g/mol. The van der Waals surface area contributed by atoms with Gasteiger partial charge in [-0.15, -0.1) is 0 Å². The van der Waals surface area contributed by atoms with Crippen molar-refractivity contribution in [2.24, 2.45) is 10.9 Å². The Hall–Kier alpha value is -1.85. The van der Waals surface area contributed by atoms with E-state index >= 15 is 0 Å². The first kappa shape index (κ1) is 19.5. The van der Waals surface area contributed by atoms with E-state index in [9.17, 15) is 5.11 Å². The lowest BCUT2D eigenvalue weighted by Crippen LogP contribution is -2.52. The molecule has 2 N–H and O–H groups in total. The van der Waals surface area contributed by atoms with Crippen molar-refractivity contribution >= 4 is 12.0 Å². The molecule has 2 rings (SSSR count). The number of nitrogens with zero attached hydrogens (tertiary/aromatic N) is 3. The van der Waals surface area contributed by atoms with Crippen molar-refractivity contribution in [1.82, 2.24) is 15.1 Å². The van der Waals surface area contributed by atoms with E-state index in [4.69, 9.17) is 0 Å². The van der Waals surface area contributed by atoms with Gasteiger partial charge < -0.3 is 15.3 Å². The number of guanidine groups is 1. The number of aliphatic hydroxyl groups excluding tert-OH is 1. The summed E-state index contributed by atoms with van der Waals surface area (Å²) in [5.74, 6) is 1.18. The van der Waals surface area contributed by atoms with Crippen molar-refractivity contribution < 1.29 is 5.11 Å². The Morgan fingerprint density at radius 2 is 1.96 bits per heavy atom. The van der Waals surface area contributed by atoms with Crippen molar-refractivity contribution in [1.29, 1.82) is 0 Å². The summed E-state index contributed by atoms with van der Waals surface area (Å²) in [7, 11) is 0. The van der Waals surface area contributed by atoms with Crippen molar-refractivity contribution in [2.45, 2.75) is 13.8 Å². The van der Waals surface area contributed by atoms with E-state index in [-0.39, 0.29) is 12.5 Å². The van der Waals surface area contributed by atoms with Gasteiger partial charge in [-0.3, -0.25) is 9.89 Å². The van der Waals surface area contributed by atoms with Crippen LogP contribution in [0, 0.1) is 5.92 Å². The second-order valence-electron chi connectivity index (χ2n) is 6.58. The second kappa shape index (κ2) is 10.9. The van der Waals surface area contributed by atoms with Crippen LogP contribution in [0.1, 0.15) is 19.4 Å². The van der Waals surface area contributed by atoms with Gasteiger partial charge in [-0.25, -0.2) is 0 Å². The fourth-order valence-electron chi connectivity index (χ4n) is 2.77. The summed E-state index contributed by atoms with van der Waals surface area (Å²) < 4.78 is 0. The summed E-state index contributed by atoms with van der Waals surface area (Å²) in [5.41, 5.74) is 1.25. The van der Waals surface area contributed by atoms with Crippen LogP contribution in [-0.2, 0) is 0 Å². The summed E-state index contributed by atoms with van der Waals surface area (Å²) in [6.07, 6.45) is 4.43. The van der Waals surface area contributed by atoms with E-state index in [0.29, 0.717) is 6.54 Å². The van der Waals surface area contributed by atoms with Gasteiger partial charge in [0.15, 0.2) is 5.96 Å². The normalized spacial score (nSPS) is 17.9. The van der Waals surface area contributed by atoms with Gasteiger partial charge in [0.2, 0.25) is 0 Å². The number of aliphatic imine (C=N–C) groups is 1. The molecule has 25 heavy (non-hydrogen) atoms. The summed E-state index contributed by atoms with van der Waals surface area (Å²) in [4.78, 5) is 9.47. The molecule has 1 atom stereocenters. The van der Waals surface area contributed by atoms with Crippen LogP contribution >= 0.6 is 0 Å². The smallest absolute Gasteiger partial charge is 0.194 e. The fraction of sp³-hybridized carbons (Fsp3) is 0.550. The molecule has 5 nitrogen and oxygen atoms in total. The van der Waals surface area contributed by atoms with E-state index in [1.165, 1.54) is 5.56 Å². The zero-order valence-electron chi connectivity index (χ0n) is 15.6. The summed E-state index contributed by atoms with van der Waals surface area (Å²) >= 11 is 0. The first-order chi connectivity index (χ1) is 12.2. The zero-order valence-corrected chi connectivity index (χ0v) is 15.6. The molecule has 1 heterocycles. The standard InChI is InChI=1S/C20H32N4O/c1-3-21-20(22-16-18(2)17-25)24-14-12-23(13-15-24)11-7-10-19-8-5-4-6-9-19/h4-10,18,25H,3,11-17H2,1-2H3,(H,21,22)/b10-7+. The Balaban J connectivity index is 1.79. The van der Waals surface area contributed by atoms with E-state index in [1.807, 2.05) is 13.0 Å². The number of hydrogen-bond donors (Lipinski definition) is 2. The van der Waals surface area contributed by atoms with E-state index in [2.05, 4.69) is 63.5 Å². The molecule has 5 heteroatoms. The minimum atomic E-state index is 0.185. The Kier molecular flexibility index (Phi) is 8.49. The van der Waals surface area contributed by atoms with Crippen LogP contribution < -0.4 is 5.32 Å². The number of benzene rings is 1. The topological polar surface area (TPSA) is 51.1 Å². The third kappa shape index (κ3) is 6.88. The quantitative estimate of drug-likeness (QED) is 0.586. The van der Waals surface area contributed by atoms with Gasteiger partial charge in [0.25, 0.3) is 0 Å². The zero-order chi connectivity index (χ0) is 17.9. The Bertz CT molecular complexity index is 536. The number of hydrogen-bond acceptors (Lipinski definition) is 3. The van der Waals surface area contributed by atoms with E-state index in [1.54, 1.807) is 0 Å². The molecular formula is C20H32N4O. The van der Waals surface area contributed by atoms with Crippen LogP contribution in [0.2, 0.25) is 0 Å². The highest BCUT2D eigenvalue weighted by Gasteiger charge is 2.18. The second-order valence-corrected chi connectivity index (χ2v) is 6.58. The SMILES string of the molecule is CCNC(=NCC(C)CO)N1CCN(C/C=C/c2ccccc2)CC1. The minimum absolute atomic E-state index is 0.185. The number of piperazine rings is 1. The van der Waals surface area contributed by atoms with Gasteiger partial charge in [0.05, 0.1) is 0 Å². The maximum absolute atomic E-state index is 9.17. The van der Waals surface area contributed by atoms with Gasteiger partial charge in [-0.1, -0.05) is 49.4 Å². The summed E-state index contributed by atoms with van der Waals surface area (Å²) in [6.45, 7) is 10.9. The Labute approximate surface area is 152 Å². The van der Waals surface area contributed by atoms with Crippen LogP contribution in [0.5, 0.6) is 0 Å². The van der Waals surface area contributed by atoms with Crippen molar-refractivity contribution in [3.63, 3.8) is 0 Å². The van der Waals surface area contributed by atoms with Gasteiger partial charge in [0.1, 0.15) is 0 Å². The molecule has 0 aromatic heterocycles. The predicted octanol–water partition coefficient (Wildman–Crippen LogP) is 1.91. The molecule has 1 aliphatic heterocycles. The number of aliphatic hydroxyl groups is 1. The highest BCUT2D eigenvalue weighted by Crippen LogP contribution is 2.05.